The minimum Gasteiger partial charge on any atom is -0.484 e. The number of hydrogen-bond acceptors (Lipinski definition) is 7. The van der Waals surface area contributed by atoms with E-state index in [9.17, 15) is 24.5 Å². The molecule has 0 saturated heterocycles. The van der Waals surface area contributed by atoms with E-state index in [1.807, 2.05) is 0 Å². The Morgan fingerprint density at radius 2 is 1.71 bits per heavy atom. The Bertz CT molecular complexity index is 881. The highest BCUT2D eigenvalue weighted by Gasteiger charge is 2.19. The minimum absolute atomic E-state index is 0.191. The SMILES string of the molecule is CCOC(=O)c1ccc(OCC(=O)NNC(=O)c2ccccc2[N+](=O)[O-])cc1. The molecule has 0 bridgehead atoms. The summed E-state index contributed by atoms with van der Waals surface area (Å²) in [7, 11) is 0. The largest absolute Gasteiger partial charge is 0.484 e. The molecule has 0 radical (unpaired) electrons. The zero-order chi connectivity index (χ0) is 20.5. The van der Waals surface area contributed by atoms with E-state index >= 15 is 0 Å². The van der Waals surface area contributed by atoms with Gasteiger partial charge < -0.3 is 9.47 Å². The Morgan fingerprint density at radius 1 is 1.04 bits per heavy atom. The first-order valence-corrected chi connectivity index (χ1v) is 8.15. The maximum Gasteiger partial charge on any atom is 0.338 e. The number of nitro groups is 1. The Balaban J connectivity index is 1.84. The van der Waals surface area contributed by atoms with Gasteiger partial charge in [0, 0.05) is 6.07 Å². The Hall–Kier alpha value is -3.95. The van der Waals surface area contributed by atoms with Gasteiger partial charge in [-0.05, 0) is 37.3 Å². The minimum atomic E-state index is -0.834. The summed E-state index contributed by atoms with van der Waals surface area (Å²) in [4.78, 5) is 45.5. The molecule has 0 spiro atoms. The summed E-state index contributed by atoms with van der Waals surface area (Å²) in [6, 6.07) is 11.3. The Morgan fingerprint density at radius 3 is 2.36 bits per heavy atom. The average Bonchev–Trinajstić information content (AvgIpc) is 2.71. The van der Waals surface area contributed by atoms with Crippen molar-refractivity contribution in [1.82, 2.24) is 10.9 Å². The first kappa shape index (κ1) is 20.4. The molecular formula is C18H17N3O7. The molecule has 0 fully saturated rings. The maximum absolute atomic E-state index is 12.0. The predicted octanol–water partition coefficient (Wildman–Crippen LogP) is 1.61. The highest BCUT2D eigenvalue weighted by atomic mass is 16.6. The molecule has 0 unspecified atom stereocenters. The van der Waals surface area contributed by atoms with E-state index in [1.165, 1.54) is 48.5 Å². The quantitative estimate of drug-likeness (QED) is 0.418. The smallest absolute Gasteiger partial charge is 0.338 e. The second kappa shape index (κ2) is 9.67. The van der Waals surface area contributed by atoms with Gasteiger partial charge in [-0.1, -0.05) is 12.1 Å². The van der Waals surface area contributed by atoms with Crippen LogP contribution in [0.1, 0.15) is 27.6 Å². The van der Waals surface area contributed by atoms with Gasteiger partial charge in [0.1, 0.15) is 11.3 Å². The van der Waals surface area contributed by atoms with E-state index in [0.717, 1.165) is 0 Å². The second-order valence-electron chi connectivity index (χ2n) is 5.31. The molecule has 0 aliphatic carbocycles. The van der Waals surface area contributed by atoms with E-state index in [1.54, 1.807) is 6.92 Å². The number of hydrazine groups is 1. The number of nitro benzene ring substituents is 1. The van der Waals surface area contributed by atoms with Crippen molar-refractivity contribution in [2.24, 2.45) is 0 Å². The fourth-order valence-electron chi connectivity index (χ4n) is 2.11. The fraction of sp³-hybridized carbons (Fsp3) is 0.167. The van der Waals surface area contributed by atoms with Crippen molar-refractivity contribution < 1.29 is 28.8 Å². The first-order valence-electron chi connectivity index (χ1n) is 8.15. The van der Waals surface area contributed by atoms with Crippen LogP contribution in [0.15, 0.2) is 48.5 Å². The van der Waals surface area contributed by atoms with Gasteiger partial charge in [0.15, 0.2) is 6.61 Å². The second-order valence-corrected chi connectivity index (χ2v) is 5.31. The number of hydrogen-bond donors (Lipinski definition) is 2. The molecule has 2 amide bonds. The number of para-hydroxylation sites is 1. The molecular weight excluding hydrogens is 370 g/mol. The molecule has 2 aromatic rings. The molecule has 10 heteroatoms. The van der Waals surface area contributed by atoms with E-state index in [0.29, 0.717) is 11.3 Å². The third-order valence-corrected chi connectivity index (χ3v) is 3.40. The van der Waals surface area contributed by atoms with E-state index < -0.39 is 29.3 Å². The predicted molar refractivity (Wildman–Crippen MR) is 96.6 cm³/mol. The van der Waals surface area contributed by atoms with Crippen LogP contribution in [0, 0.1) is 10.1 Å². The van der Waals surface area contributed by atoms with Crippen LogP contribution in [-0.2, 0) is 9.53 Å². The number of nitrogens with zero attached hydrogens (tertiary/aromatic N) is 1. The maximum atomic E-state index is 12.0. The van der Waals surface area contributed by atoms with Crippen LogP contribution in [0.4, 0.5) is 5.69 Å². The Kier molecular flexibility index (Phi) is 7.03. The van der Waals surface area contributed by atoms with Gasteiger partial charge in [-0.15, -0.1) is 0 Å². The lowest BCUT2D eigenvalue weighted by Gasteiger charge is -2.09. The van der Waals surface area contributed by atoms with Crippen LogP contribution < -0.4 is 15.6 Å². The topological polar surface area (TPSA) is 137 Å². The van der Waals surface area contributed by atoms with Crippen molar-refractivity contribution in [1.29, 1.82) is 0 Å². The summed E-state index contributed by atoms with van der Waals surface area (Å²) >= 11 is 0. The molecule has 0 aliphatic heterocycles. The molecule has 0 atom stereocenters. The van der Waals surface area contributed by atoms with Crippen molar-refractivity contribution >= 4 is 23.5 Å². The molecule has 0 saturated carbocycles. The third-order valence-electron chi connectivity index (χ3n) is 3.40. The summed E-state index contributed by atoms with van der Waals surface area (Å²) < 4.78 is 10.1. The zero-order valence-electron chi connectivity index (χ0n) is 14.8. The van der Waals surface area contributed by atoms with Gasteiger partial charge in [-0.3, -0.25) is 30.6 Å². The summed E-state index contributed by atoms with van der Waals surface area (Å²) in [5, 5.41) is 10.9. The van der Waals surface area contributed by atoms with E-state index in [-0.39, 0.29) is 17.9 Å². The molecule has 10 nitrogen and oxygen atoms in total. The zero-order valence-corrected chi connectivity index (χ0v) is 14.8. The van der Waals surface area contributed by atoms with E-state index in [2.05, 4.69) is 10.9 Å². The molecule has 0 aromatic heterocycles. The number of benzene rings is 2. The molecule has 2 aromatic carbocycles. The van der Waals surface area contributed by atoms with Crippen LogP contribution in [0.5, 0.6) is 5.75 Å². The summed E-state index contributed by atoms with van der Waals surface area (Å²) in [5.74, 6) is -1.65. The molecule has 2 rings (SSSR count). The summed E-state index contributed by atoms with van der Waals surface area (Å²) in [6.45, 7) is 1.54. The van der Waals surface area contributed by atoms with Crippen LogP contribution in [0.25, 0.3) is 0 Å². The lowest BCUT2D eigenvalue weighted by atomic mass is 10.2. The first-order chi connectivity index (χ1) is 13.4. The molecule has 0 heterocycles. The highest BCUT2D eigenvalue weighted by molar-refractivity contribution is 5.99. The number of carbonyl (C=O) groups is 3. The normalized spacial score (nSPS) is 9.89. The van der Waals surface area contributed by atoms with Crippen molar-refractivity contribution in [2.45, 2.75) is 6.92 Å². The average molecular weight is 387 g/mol. The number of esters is 1. The van der Waals surface area contributed by atoms with Gasteiger partial charge >= 0.3 is 5.97 Å². The van der Waals surface area contributed by atoms with Crippen LogP contribution in [-0.4, -0.2) is 35.9 Å². The number of amides is 2. The Labute approximate surface area is 159 Å². The van der Waals surface area contributed by atoms with Crippen molar-refractivity contribution in [2.75, 3.05) is 13.2 Å². The number of ether oxygens (including phenoxy) is 2. The van der Waals surface area contributed by atoms with Gasteiger partial charge in [0.2, 0.25) is 0 Å². The number of nitrogens with one attached hydrogen (secondary N) is 2. The van der Waals surface area contributed by atoms with Gasteiger partial charge in [0.25, 0.3) is 17.5 Å². The van der Waals surface area contributed by atoms with Gasteiger partial charge in [-0.25, -0.2) is 4.79 Å². The molecule has 0 aliphatic rings. The lowest BCUT2D eigenvalue weighted by Crippen LogP contribution is -2.44. The standard InChI is InChI=1S/C18H17N3O7/c1-2-27-18(24)12-7-9-13(10-8-12)28-11-16(22)19-20-17(23)14-5-3-4-6-15(14)21(25)26/h3-10H,2,11H2,1H3,(H,19,22)(H,20,23). The van der Waals surface area contributed by atoms with Crippen molar-refractivity contribution in [3.63, 3.8) is 0 Å². The molecule has 28 heavy (non-hydrogen) atoms. The number of rotatable bonds is 7. The van der Waals surface area contributed by atoms with Crippen molar-refractivity contribution in [3.05, 3.63) is 69.8 Å². The highest BCUT2D eigenvalue weighted by Crippen LogP contribution is 2.17. The van der Waals surface area contributed by atoms with Crippen LogP contribution in [0.2, 0.25) is 0 Å². The molecule has 146 valence electrons. The lowest BCUT2D eigenvalue weighted by molar-refractivity contribution is -0.385. The van der Waals surface area contributed by atoms with Crippen LogP contribution in [0.3, 0.4) is 0 Å². The van der Waals surface area contributed by atoms with Crippen molar-refractivity contribution in [3.8, 4) is 5.75 Å². The monoisotopic (exact) mass is 387 g/mol. The van der Waals surface area contributed by atoms with E-state index in [4.69, 9.17) is 9.47 Å². The fourth-order valence-corrected chi connectivity index (χ4v) is 2.11. The van der Waals surface area contributed by atoms with Gasteiger partial charge in [-0.2, -0.15) is 0 Å². The summed E-state index contributed by atoms with van der Waals surface area (Å²) in [6.07, 6.45) is 0. The van der Waals surface area contributed by atoms with Crippen LogP contribution >= 0.6 is 0 Å². The van der Waals surface area contributed by atoms with Gasteiger partial charge in [0.05, 0.1) is 17.1 Å². The summed E-state index contributed by atoms with van der Waals surface area (Å²) in [5.41, 5.74) is 3.96. The molecule has 2 N–H and O–H groups in total. The number of carbonyl (C=O) groups excluding carboxylic acids is 3. The third kappa shape index (κ3) is 5.53.